The van der Waals surface area contributed by atoms with E-state index in [0.717, 1.165) is 5.56 Å². The number of amides is 1. The molecule has 5 heteroatoms. The van der Waals surface area contributed by atoms with E-state index < -0.39 is 12.1 Å². The van der Waals surface area contributed by atoms with Gasteiger partial charge in [-0.2, -0.15) is 5.26 Å². The monoisotopic (exact) mass is 252 g/mol. The topological polar surface area (TPSA) is 64.3 Å². The number of rotatable bonds is 5. The summed E-state index contributed by atoms with van der Waals surface area (Å²) in [5.41, 5.74) is 0.878. The first-order valence-electron chi connectivity index (χ1n) is 5.15. The fraction of sp³-hybridized carbons (Fsp3) is 0.333. The summed E-state index contributed by atoms with van der Waals surface area (Å²) < 4.78 is 0. The molecule has 1 unspecified atom stereocenters. The zero-order chi connectivity index (χ0) is 12.7. The van der Waals surface area contributed by atoms with Crippen LogP contribution in [0.2, 0.25) is 0 Å². The summed E-state index contributed by atoms with van der Waals surface area (Å²) in [6.45, 7) is 0.245. The Balaban J connectivity index is 2.80. The van der Waals surface area contributed by atoms with E-state index in [1.807, 2.05) is 36.4 Å². The predicted molar refractivity (Wildman–Crippen MR) is 64.7 cm³/mol. The van der Waals surface area contributed by atoms with Crippen molar-refractivity contribution in [3.05, 3.63) is 35.9 Å². The van der Waals surface area contributed by atoms with Gasteiger partial charge in [0.25, 0.3) is 0 Å². The standard InChI is InChI=1S/C12H13ClN2O2/c13-8-11(6-7-14)15(12(16)17)9-10-4-2-1-3-5-10/h1-5,11H,6,8-9H2,(H,16,17). The maximum absolute atomic E-state index is 11.1. The van der Waals surface area contributed by atoms with Crippen molar-refractivity contribution in [2.75, 3.05) is 5.88 Å². The minimum atomic E-state index is -1.06. The van der Waals surface area contributed by atoms with Gasteiger partial charge in [-0.15, -0.1) is 11.6 Å². The van der Waals surface area contributed by atoms with Crippen LogP contribution < -0.4 is 0 Å². The van der Waals surface area contributed by atoms with E-state index in [1.165, 1.54) is 4.90 Å². The van der Waals surface area contributed by atoms with Crippen molar-refractivity contribution in [2.45, 2.75) is 19.0 Å². The summed E-state index contributed by atoms with van der Waals surface area (Å²) in [5, 5.41) is 17.8. The van der Waals surface area contributed by atoms with Crippen LogP contribution in [-0.4, -0.2) is 28.0 Å². The van der Waals surface area contributed by atoms with E-state index in [-0.39, 0.29) is 18.8 Å². The van der Waals surface area contributed by atoms with Crippen molar-refractivity contribution in [1.82, 2.24) is 4.90 Å². The first-order valence-corrected chi connectivity index (χ1v) is 5.69. The number of nitriles is 1. The van der Waals surface area contributed by atoms with Gasteiger partial charge in [0.05, 0.1) is 18.5 Å². The fourth-order valence-electron chi connectivity index (χ4n) is 1.49. The van der Waals surface area contributed by atoms with Crippen LogP contribution in [0.1, 0.15) is 12.0 Å². The highest BCUT2D eigenvalue weighted by Crippen LogP contribution is 2.12. The van der Waals surface area contributed by atoms with E-state index >= 15 is 0 Å². The molecule has 0 saturated heterocycles. The van der Waals surface area contributed by atoms with Crippen LogP contribution in [0.4, 0.5) is 4.79 Å². The molecule has 1 rings (SSSR count). The lowest BCUT2D eigenvalue weighted by Crippen LogP contribution is -2.39. The Hall–Kier alpha value is -1.73. The van der Waals surface area contributed by atoms with Gasteiger partial charge < -0.3 is 5.11 Å². The van der Waals surface area contributed by atoms with Crippen molar-refractivity contribution in [3.63, 3.8) is 0 Å². The Morgan fingerprint density at radius 1 is 1.47 bits per heavy atom. The average Bonchev–Trinajstić information content (AvgIpc) is 2.34. The predicted octanol–water partition coefficient (Wildman–Crippen LogP) is 2.69. The normalized spacial score (nSPS) is 11.5. The first-order chi connectivity index (χ1) is 8.19. The van der Waals surface area contributed by atoms with Crippen LogP contribution in [0.5, 0.6) is 0 Å². The SMILES string of the molecule is N#CCC(CCl)N(Cc1ccccc1)C(=O)O. The van der Waals surface area contributed by atoms with Gasteiger partial charge in [0.2, 0.25) is 0 Å². The number of alkyl halides is 1. The van der Waals surface area contributed by atoms with Crippen molar-refractivity contribution < 1.29 is 9.90 Å². The van der Waals surface area contributed by atoms with Crippen LogP contribution in [0.25, 0.3) is 0 Å². The highest BCUT2D eigenvalue weighted by atomic mass is 35.5. The Morgan fingerprint density at radius 2 is 2.12 bits per heavy atom. The molecule has 0 aliphatic heterocycles. The molecule has 0 radical (unpaired) electrons. The highest BCUT2D eigenvalue weighted by Gasteiger charge is 2.22. The Morgan fingerprint density at radius 3 is 2.59 bits per heavy atom. The number of halogens is 1. The van der Waals surface area contributed by atoms with Crippen LogP contribution in [-0.2, 0) is 6.54 Å². The molecule has 0 aromatic heterocycles. The largest absolute Gasteiger partial charge is 0.465 e. The summed E-state index contributed by atoms with van der Waals surface area (Å²) in [4.78, 5) is 12.3. The number of hydrogen-bond donors (Lipinski definition) is 1. The lowest BCUT2D eigenvalue weighted by molar-refractivity contribution is 0.126. The van der Waals surface area contributed by atoms with Crippen LogP contribution in [0.15, 0.2) is 30.3 Å². The molecule has 0 bridgehead atoms. The average molecular weight is 253 g/mol. The summed E-state index contributed by atoms with van der Waals surface area (Å²) >= 11 is 5.70. The van der Waals surface area contributed by atoms with E-state index in [2.05, 4.69) is 0 Å². The van der Waals surface area contributed by atoms with Gasteiger partial charge in [-0.3, -0.25) is 4.90 Å². The molecule has 0 heterocycles. The van der Waals surface area contributed by atoms with Gasteiger partial charge in [-0.25, -0.2) is 4.79 Å². The maximum Gasteiger partial charge on any atom is 0.407 e. The van der Waals surface area contributed by atoms with E-state index in [9.17, 15) is 4.79 Å². The van der Waals surface area contributed by atoms with Crippen LogP contribution in [0.3, 0.4) is 0 Å². The second-order valence-corrected chi connectivity index (χ2v) is 3.88. The molecular weight excluding hydrogens is 240 g/mol. The second-order valence-electron chi connectivity index (χ2n) is 3.57. The zero-order valence-corrected chi connectivity index (χ0v) is 9.97. The number of benzene rings is 1. The number of hydrogen-bond acceptors (Lipinski definition) is 2. The Bertz CT molecular complexity index is 403. The van der Waals surface area contributed by atoms with Gasteiger partial charge in [0.15, 0.2) is 0 Å². The van der Waals surface area contributed by atoms with Gasteiger partial charge in [-0.1, -0.05) is 30.3 Å². The van der Waals surface area contributed by atoms with Crippen molar-refractivity contribution in [2.24, 2.45) is 0 Å². The number of carbonyl (C=O) groups is 1. The molecule has 1 amide bonds. The lowest BCUT2D eigenvalue weighted by atomic mass is 10.1. The minimum Gasteiger partial charge on any atom is -0.465 e. The molecule has 1 aromatic rings. The van der Waals surface area contributed by atoms with Gasteiger partial charge in [0, 0.05) is 12.4 Å². The van der Waals surface area contributed by atoms with Gasteiger partial charge in [-0.05, 0) is 5.56 Å². The van der Waals surface area contributed by atoms with Crippen LogP contribution in [0, 0.1) is 11.3 Å². The molecule has 1 aromatic carbocycles. The molecule has 4 nitrogen and oxygen atoms in total. The third-order valence-electron chi connectivity index (χ3n) is 2.39. The summed E-state index contributed by atoms with van der Waals surface area (Å²) in [6, 6.07) is 10.7. The smallest absolute Gasteiger partial charge is 0.407 e. The fourth-order valence-corrected chi connectivity index (χ4v) is 1.76. The molecule has 90 valence electrons. The zero-order valence-electron chi connectivity index (χ0n) is 9.21. The minimum absolute atomic E-state index is 0.0998. The number of nitrogens with zero attached hydrogens (tertiary/aromatic N) is 2. The van der Waals surface area contributed by atoms with Crippen LogP contribution >= 0.6 is 11.6 Å². The molecule has 1 N–H and O–H groups in total. The molecular formula is C12H13ClN2O2. The molecule has 1 atom stereocenters. The number of carboxylic acid groups (broad SMARTS) is 1. The molecule has 17 heavy (non-hydrogen) atoms. The molecule has 0 saturated carbocycles. The van der Waals surface area contributed by atoms with E-state index in [0.29, 0.717) is 0 Å². The molecule has 0 spiro atoms. The third kappa shape index (κ3) is 3.97. The first kappa shape index (κ1) is 13.3. The Kier molecular flexibility index (Phi) is 5.31. The van der Waals surface area contributed by atoms with Gasteiger partial charge >= 0.3 is 6.09 Å². The third-order valence-corrected chi connectivity index (χ3v) is 2.74. The van der Waals surface area contributed by atoms with Crippen molar-refractivity contribution >= 4 is 17.7 Å². The van der Waals surface area contributed by atoms with E-state index in [1.54, 1.807) is 0 Å². The van der Waals surface area contributed by atoms with E-state index in [4.69, 9.17) is 22.0 Å². The van der Waals surface area contributed by atoms with Crippen molar-refractivity contribution in [3.8, 4) is 6.07 Å². The summed E-state index contributed by atoms with van der Waals surface area (Å²) in [5.74, 6) is 0.118. The Labute approximate surface area is 105 Å². The summed E-state index contributed by atoms with van der Waals surface area (Å²) in [7, 11) is 0. The molecule has 0 fully saturated rings. The molecule has 0 aliphatic rings. The van der Waals surface area contributed by atoms with Crippen molar-refractivity contribution in [1.29, 1.82) is 5.26 Å². The summed E-state index contributed by atoms with van der Waals surface area (Å²) in [6.07, 6.45) is -0.961. The quantitative estimate of drug-likeness (QED) is 0.820. The highest BCUT2D eigenvalue weighted by molar-refractivity contribution is 6.18. The maximum atomic E-state index is 11.1. The second kappa shape index (κ2) is 6.77. The molecule has 0 aliphatic carbocycles. The lowest BCUT2D eigenvalue weighted by Gasteiger charge is -2.26. The van der Waals surface area contributed by atoms with Gasteiger partial charge in [0.1, 0.15) is 0 Å².